The molecule has 0 aliphatic heterocycles. The Balaban J connectivity index is 1.68. The molecule has 33 heavy (non-hydrogen) atoms. The molecule has 2 nitrogen and oxygen atoms in total. The van der Waals surface area contributed by atoms with Crippen LogP contribution in [0.1, 0.15) is 0 Å². The fourth-order valence-corrected chi connectivity index (χ4v) is 6.00. The van der Waals surface area contributed by atoms with Crippen LogP contribution in [0.2, 0.25) is 0 Å². The highest BCUT2D eigenvalue weighted by atomic mass is 32.1. The molecular formula is C30H19NOS. The molecule has 7 rings (SSSR count). The van der Waals surface area contributed by atoms with E-state index in [0.29, 0.717) is 0 Å². The molecule has 156 valence electrons. The lowest BCUT2D eigenvalue weighted by molar-refractivity contribution is 0.673. The fraction of sp³-hybridized carbons (Fsp3) is 0. The summed E-state index contributed by atoms with van der Waals surface area (Å²) in [6.45, 7) is 0. The Hall–Kier alpha value is -4.08. The lowest BCUT2D eigenvalue weighted by Gasteiger charge is -2.26. The Kier molecular flexibility index (Phi) is 4.05. The quantitative estimate of drug-likeness (QED) is 0.271. The number of benzene rings is 5. The summed E-state index contributed by atoms with van der Waals surface area (Å²) >= 11 is 1.83. The highest BCUT2D eigenvalue weighted by molar-refractivity contribution is 7.26. The van der Waals surface area contributed by atoms with Crippen LogP contribution in [0.25, 0.3) is 42.1 Å². The molecule has 0 N–H and O–H groups in total. The first-order valence-electron chi connectivity index (χ1n) is 11.0. The van der Waals surface area contributed by atoms with E-state index in [4.69, 9.17) is 4.42 Å². The molecule has 0 aliphatic rings. The number of thiophene rings is 1. The number of nitrogens with zero attached hydrogens (tertiary/aromatic N) is 1. The molecule has 7 aromatic rings. The van der Waals surface area contributed by atoms with Crippen molar-refractivity contribution in [3.05, 3.63) is 115 Å². The Morgan fingerprint density at radius 3 is 1.91 bits per heavy atom. The predicted octanol–water partition coefficient (Wildman–Crippen LogP) is 9.42. The molecule has 0 atom stereocenters. The van der Waals surface area contributed by atoms with E-state index in [1.807, 2.05) is 17.4 Å². The summed E-state index contributed by atoms with van der Waals surface area (Å²) < 4.78 is 8.96. The molecule has 0 saturated heterocycles. The molecule has 2 heterocycles. The van der Waals surface area contributed by atoms with E-state index in [0.717, 1.165) is 33.3 Å². The SMILES string of the molecule is c1ccc(N(c2ccccc2)c2cc3c4ccccc4oc3c3c2sc2ccccc23)cc1. The second-order valence-corrected chi connectivity index (χ2v) is 9.23. The number of para-hydroxylation sites is 3. The smallest absolute Gasteiger partial charge is 0.144 e. The molecule has 0 spiro atoms. The topological polar surface area (TPSA) is 16.4 Å². The molecule has 0 unspecified atom stereocenters. The van der Waals surface area contributed by atoms with Crippen LogP contribution in [0.5, 0.6) is 0 Å². The van der Waals surface area contributed by atoms with Crippen molar-refractivity contribution in [1.82, 2.24) is 0 Å². The maximum absolute atomic E-state index is 6.47. The minimum atomic E-state index is 0.923. The van der Waals surface area contributed by atoms with E-state index in [1.165, 1.54) is 25.9 Å². The Morgan fingerprint density at radius 1 is 0.576 bits per heavy atom. The Labute approximate surface area is 194 Å². The zero-order chi connectivity index (χ0) is 21.8. The van der Waals surface area contributed by atoms with Gasteiger partial charge in [-0.2, -0.15) is 0 Å². The van der Waals surface area contributed by atoms with Crippen molar-refractivity contribution in [3.8, 4) is 0 Å². The average molecular weight is 442 g/mol. The van der Waals surface area contributed by atoms with Gasteiger partial charge in [0.05, 0.1) is 10.4 Å². The van der Waals surface area contributed by atoms with Gasteiger partial charge in [-0.1, -0.05) is 72.8 Å². The van der Waals surface area contributed by atoms with E-state index in [1.54, 1.807) is 0 Å². The van der Waals surface area contributed by atoms with Gasteiger partial charge in [-0.15, -0.1) is 11.3 Å². The minimum Gasteiger partial charge on any atom is -0.455 e. The number of hydrogen-bond acceptors (Lipinski definition) is 3. The summed E-state index contributed by atoms with van der Waals surface area (Å²) in [5.74, 6) is 0. The van der Waals surface area contributed by atoms with Crippen LogP contribution >= 0.6 is 11.3 Å². The molecular weight excluding hydrogens is 422 g/mol. The largest absolute Gasteiger partial charge is 0.455 e. The van der Waals surface area contributed by atoms with E-state index in [2.05, 4.69) is 114 Å². The molecule has 0 fully saturated rings. The lowest BCUT2D eigenvalue weighted by Crippen LogP contribution is -2.09. The van der Waals surface area contributed by atoms with Crippen LogP contribution in [0, 0.1) is 0 Å². The summed E-state index contributed by atoms with van der Waals surface area (Å²) in [6, 6.07) is 40.5. The summed E-state index contributed by atoms with van der Waals surface area (Å²) in [5.41, 5.74) is 5.33. The van der Waals surface area contributed by atoms with Gasteiger partial charge in [0.25, 0.3) is 0 Å². The first kappa shape index (κ1) is 18.5. The third-order valence-corrected chi connectivity index (χ3v) is 7.43. The predicted molar refractivity (Wildman–Crippen MR) is 141 cm³/mol. The average Bonchev–Trinajstić information content (AvgIpc) is 3.44. The van der Waals surface area contributed by atoms with Gasteiger partial charge in [0.15, 0.2) is 0 Å². The highest BCUT2D eigenvalue weighted by Gasteiger charge is 2.22. The molecule has 0 amide bonds. The second-order valence-electron chi connectivity index (χ2n) is 8.18. The number of anilines is 3. The van der Waals surface area contributed by atoms with Crippen molar-refractivity contribution in [3.63, 3.8) is 0 Å². The summed E-state index contributed by atoms with van der Waals surface area (Å²) in [6.07, 6.45) is 0. The summed E-state index contributed by atoms with van der Waals surface area (Å²) in [7, 11) is 0. The lowest BCUT2D eigenvalue weighted by atomic mass is 10.0. The zero-order valence-corrected chi connectivity index (χ0v) is 18.5. The van der Waals surface area contributed by atoms with Gasteiger partial charge in [-0.3, -0.25) is 0 Å². The van der Waals surface area contributed by atoms with E-state index >= 15 is 0 Å². The number of hydrogen-bond donors (Lipinski definition) is 0. The molecule has 0 saturated carbocycles. The molecule has 0 radical (unpaired) electrons. The van der Waals surface area contributed by atoms with Crippen LogP contribution in [0.3, 0.4) is 0 Å². The molecule has 5 aromatic carbocycles. The van der Waals surface area contributed by atoms with Crippen LogP contribution in [0.4, 0.5) is 17.1 Å². The van der Waals surface area contributed by atoms with E-state index in [-0.39, 0.29) is 0 Å². The van der Waals surface area contributed by atoms with Crippen molar-refractivity contribution < 1.29 is 4.42 Å². The van der Waals surface area contributed by atoms with Crippen molar-refractivity contribution in [1.29, 1.82) is 0 Å². The van der Waals surface area contributed by atoms with Crippen molar-refractivity contribution in [2.75, 3.05) is 4.90 Å². The third-order valence-electron chi connectivity index (χ3n) is 6.24. The highest BCUT2D eigenvalue weighted by Crippen LogP contribution is 2.49. The van der Waals surface area contributed by atoms with Crippen LogP contribution < -0.4 is 4.90 Å². The van der Waals surface area contributed by atoms with Gasteiger partial charge in [-0.05, 0) is 42.5 Å². The first-order chi connectivity index (χ1) is 16.4. The van der Waals surface area contributed by atoms with Crippen LogP contribution in [-0.4, -0.2) is 0 Å². The van der Waals surface area contributed by atoms with Crippen molar-refractivity contribution in [2.24, 2.45) is 0 Å². The summed E-state index contributed by atoms with van der Waals surface area (Å²) in [4.78, 5) is 2.36. The standard InChI is InChI=1S/C30H19NOS/c1-3-11-20(12-4-1)31(21-13-5-2-6-14-21)25-19-24-22-15-7-9-17-26(22)32-29(24)28-23-16-8-10-18-27(23)33-30(25)28/h1-19H. The molecule has 0 aliphatic carbocycles. The normalized spacial score (nSPS) is 11.6. The maximum atomic E-state index is 6.47. The van der Waals surface area contributed by atoms with Gasteiger partial charge in [0, 0.05) is 37.6 Å². The van der Waals surface area contributed by atoms with Gasteiger partial charge < -0.3 is 9.32 Å². The number of furan rings is 1. The molecule has 2 aromatic heterocycles. The van der Waals surface area contributed by atoms with Crippen molar-refractivity contribution >= 4 is 70.5 Å². The monoisotopic (exact) mass is 441 g/mol. The first-order valence-corrected chi connectivity index (χ1v) is 11.9. The van der Waals surface area contributed by atoms with Gasteiger partial charge >= 0.3 is 0 Å². The van der Waals surface area contributed by atoms with E-state index < -0.39 is 0 Å². The van der Waals surface area contributed by atoms with Crippen LogP contribution in [-0.2, 0) is 0 Å². The minimum absolute atomic E-state index is 0.923. The van der Waals surface area contributed by atoms with Gasteiger partial charge in [0.1, 0.15) is 11.2 Å². The number of fused-ring (bicyclic) bond motifs is 7. The fourth-order valence-electron chi connectivity index (χ4n) is 4.80. The van der Waals surface area contributed by atoms with Crippen molar-refractivity contribution in [2.45, 2.75) is 0 Å². The Bertz CT molecular complexity index is 1720. The molecule has 3 heteroatoms. The van der Waals surface area contributed by atoms with Gasteiger partial charge in [0.2, 0.25) is 0 Å². The second kappa shape index (κ2) is 7.22. The summed E-state index contributed by atoms with van der Waals surface area (Å²) in [5, 5.41) is 4.72. The number of rotatable bonds is 3. The third kappa shape index (κ3) is 2.80. The van der Waals surface area contributed by atoms with Gasteiger partial charge in [-0.25, -0.2) is 0 Å². The van der Waals surface area contributed by atoms with E-state index in [9.17, 15) is 0 Å². The Morgan fingerprint density at radius 2 is 1.18 bits per heavy atom. The van der Waals surface area contributed by atoms with Crippen LogP contribution in [0.15, 0.2) is 120 Å². The zero-order valence-electron chi connectivity index (χ0n) is 17.7. The molecule has 0 bridgehead atoms. The maximum Gasteiger partial charge on any atom is 0.144 e.